The van der Waals surface area contributed by atoms with Gasteiger partial charge >= 0.3 is 0 Å². The highest BCUT2D eigenvalue weighted by Gasteiger charge is 2.19. The lowest BCUT2D eigenvalue weighted by atomic mass is 10.1. The van der Waals surface area contributed by atoms with E-state index in [0.717, 1.165) is 18.5 Å². The molecule has 1 saturated heterocycles. The summed E-state index contributed by atoms with van der Waals surface area (Å²) in [6, 6.07) is 7.35. The summed E-state index contributed by atoms with van der Waals surface area (Å²) in [7, 11) is 0. The zero-order chi connectivity index (χ0) is 14.2. The molecule has 4 heteroatoms. The van der Waals surface area contributed by atoms with Gasteiger partial charge in [0.05, 0.1) is 18.8 Å². The van der Waals surface area contributed by atoms with E-state index < -0.39 is 0 Å². The van der Waals surface area contributed by atoms with Crippen molar-refractivity contribution in [1.29, 1.82) is 0 Å². The summed E-state index contributed by atoms with van der Waals surface area (Å²) in [6.45, 7) is 2.67. The summed E-state index contributed by atoms with van der Waals surface area (Å²) in [6.07, 6.45) is 1.28. The van der Waals surface area contributed by atoms with Crippen LogP contribution >= 0.6 is 0 Å². The van der Waals surface area contributed by atoms with Gasteiger partial charge in [0, 0.05) is 31.7 Å². The van der Waals surface area contributed by atoms with E-state index in [0.29, 0.717) is 31.7 Å². The number of ether oxygens (including phenoxy) is 1. The van der Waals surface area contributed by atoms with Crippen molar-refractivity contribution in [2.75, 3.05) is 32.9 Å². The summed E-state index contributed by atoms with van der Waals surface area (Å²) in [5.41, 5.74) is 1.34. The number of aliphatic hydroxyl groups excluding tert-OH is 1. The molecule has 1 aliphatic rings. The average molecular weight is 273 g/mol. The third-order valence-corrected chi connectivity index (χ3v) is 3.13. The number of carbonyl (C=O) groups excluding carboxylic acids is 1. The first-order chi connectivity index (χ1) is 9.83. The van der Waals surface area contributed by atoms with Crippen molar-refractivity contribution in [3.05, 3.63) is 35.4 Å². The number of rotatable bonds is 2. The van der Waals surface area contributed by atoms with Gasteiger partial charge < -0.3 is 14.7 Å². The van der Waals surface area contributed by atoms with E-state index in [9.17, 15) is 4.79 Å². The first kappa shape index (κ1) is 14.6. The highest BCUT2D eigenvalue weighted by molar-refractivity contribution is 5.96. The molecule has 1 heterocycles. The van der Waals surface area contributed by atoms with Crippen LogP contribution in [-0.2, 0) is 4.74 Å². The zero-order valence-corrected chi connectivity index (χ0v) is 11.5. The fourth-order valence-corrected chi connectivity index (χ4v) is 2.11. The van der Waals surface area contributed by atoms with Gasteiger partial charge in [-0.3, -0.25) is 4.79 Å². The van der Waals surface area contributed by atoms with Crippen molar-refractivity contribution in [3.63, 3.8) is 0 Å². The van der Waals surface area contributed by atoms with E-state index in [-0.39, 0.29) is 12.5 Å². The molecule has 1 aliphatic heterocycles. The molecule has 0 aliphatic carbocycles. The molecule has 0 aromatic heterocycles. The fourth-order valence-electron chi connectivity index (χ4n) is 2.11. The second-order valence-corrected chi connectivity index (χ2v) is 4.58. The van der Waals surface area contributed by atoms with Crippen LogP contribution in [0.5, 0.6) is 0 Å². The molecule has 1 aromatic carbocycles. The standard InChI is InChI=1S/C16H19NO3/c18-11-4-3-7-14-6-1-2-8-15(14)16(19)17-9-5-12-20-13-10-17/h1-2,6,8,18H,4-5,9-13H2. The van der Waals surface area contributed by atoms with E-state index in [1.165, 1.54) is 0 Å². The summed E-state index contributed by atoms with van der Waals surface area (Å²) in [5, 5.41) is 8.77. The second-order valence-electron chi connectivity index (χ2n) is 4.58. The van der Waals surface area contributed by atoms with Crippen LogP contribution in [0.4, 0.5) is 0 Å². The predicted octanol–water partition coefficient (Wildman–Crippen LogP) is 1.28. The van der Waals surface area contributed by atoms with Gasteiger partial charge in [-0.05, 0) is 18.6 Å². The topological polar surface area (TPSA) is 49.8 Å². The van der Waals surface area contributed by atoms with Crippen LogP contribution in [0.2, 0.25) is 0 Å². The highest BCUT2D eigenvalue weighted by atomic mass is 16.5. The Bertz CT molecular complexity index is 508. The van der Waals surface area contributed by atoms with E-state index >= 15 is 0 Å². The number of amides is 1. The molecular formula is C16H19NO3. The Morgan fingerprint density at radius 2 is 2.15 bits per heavy atom. The molecule has 0 spiro atoms. The first-order valence-electron chi connectivity index (χ1n) is 6.88. The Morgan fingerprint density at radius 1 is 1.30 bits per heavy atom. The van der Waals surface area contributed by atoms with Crippen LogP contribution in [0.1, 0.15) is 28.8 Å². The first-order valence-corrected chi connectivity index (χ1v) is 6.88. The van der Waals surface area contributed by atoms with Crippen molar-refractivity contribution in [2.24, 2.45) is 0 Å². The zero-order valence-electron chi connectivity index (χ0n) is 11.5. The molecule has 4 nitrogen and oxygen atoms in total. The quantitative estimate of drug-likeness (QED) is 0.826. The number of carbonyl (C=O) groups is 1. The summed E-state index contributed by atoms with van der Waals surface area (Å²) in [5.74, 6) is 5.83. The largest absolute Gasteiger partial charge is 0.395 e. The van der Waals surface area contributed by atoms with E-state index in [2.05, 4.69) is 11.8 Å². The molecule has 2 rings (SSSR count). The molecular weight excluding hydrogens is 254 g/mol. The molecule has 106 valence electrons. The molecule has 20 heavy (non-hydrogen) atoms. The molecule has 1 fully saturated rings. The Hall–Kier alpha value is -1.83. The van der Waals surface area contributed by atoms with Crippen LogP contribution in [0, 0.1) is 11.8 Å². The maximum atomic E-state index is 12.6. The normalized spacial score (nSPS) is 15.2. The average Bonchev–Trinajstić information content (AvgIpc) is 2.76. The van der Waals surface area contributed by atoms with Gasteiger partial charge in [0.1, 0.15) is 0 Å². The number of nitrogens with zero attached hydrogens (tertiary/aromatic N) is 1. The van der Waals surface area contributed by atoms with Crippen LogP contribution in [0.15, 0.2) is 24.3 Å². The minimum atomic E-state index is 0.00407. The summed E-state index contributed by atoms with van der Waals surface area (Å²) >= 11 is 0. The van der Waals surface area contributed by atoms with Crippen molar-refractivity contribution < 1.29 is 14.6 Å². The number of aliphatic hydroxyl groups is 1. The summed E-state index contributed by atoms with van der Waals surface area (Å²) < 4.78 is 5.37. The fraction of sp³-hybridized carbons (Fsp3) is 0.438. The van der Waals surface area contributed by atoms with Crippen LogP contribution in [0.3, 0.4) is 0 Å². The lowest BCUT2D eigenvalue weighted by Gasteiger charge is -2.20. The monoisotopic (exact) mass is 273 g/mol. The van der Waals surface area contributed by atoms with Gasteiger partial charge in [-0.2, -0.15) is 0 Å². The predicted molar refractivity (Wildman–Crippen MR) is 76.4 cm³/mol. The minimum absolute atomic E-state index is 0.00407. The molecule has 0 unspecified atom stereocenters. The molecule has 1 aromatic rings. The van der Waals surface area contributed by atoms with Gasteiger partial charge in [0.2, 0.25) is 0 Å². The molecule has 1 amide bonds. The van der Waals surface area contributed by atoms with Gasteiger partial charge in [-0.1, -0.05) is 24.0 Å². The Kier molecular flexibility index (Phi) is 5.60. The van der Waals surface area contributed by atoms with Crippen molar-refractivity contribution >= 4 is 5.91 Å². The highest BCUT2D eigenvalue weighted by Crippen LogP contribution is 2.12. The second kappa shape index (κ2) is 7.68. The lowest BCUT2D eigenvalue weighted by molar-refractivity contribution is 0.0741. The van der Waals surface area contributed by atoms with Gasteiger partial charge in [-0.25, -0.2) is 0 Å². The maximum Gasteiger partial charge on any atom is 0.255 e. The van der Waals surface area contributed by atoms with E-state index in [1.807, 2.05) is 23.1 Å². The Morgan fingerprint density at radius 3 is 3.00 bits per heavy atom. The molecule has 0 bridgehead atoms. The smallest absolute Gasteiger partial charge is 0.255 e. The van der Waals surface area contributed by atoms with Crippen molar-refractivity contribution in [2.45, 2.75) is 12.8 Å². The van der Waals surface area contributed by atoms with Gasteiger partial charge in [0.25, 0.3) is 5.91 Å². The maximum absolute atomic E-state index is 12.6. The number of hydrogen-bond acceptors (Lipinski definition) is 3. The molecule has 0 atom stereocenters. The number of benzene rings is 1. The van der Waals surface area contributed by atoms with Gasteiger partial charge in [0.15, 0.2) is 0 Å². The Labute approximate surface area is 119 Å². The minimum Gasteiger partial charge on any atom is -0.395 e. The number of hydrogen-bond donors (Lipinski definition) is 1. The molecule has 1 N–H and O–H groups in total. The van der Waals surface area contributed by atoms with E-state index in [1.54, 1.807) is 6.07 Å². The molecule has 0 saturated carbocycles. The van der Waals surface area contributed by atoms with Crippen LogP contribution < -0.4 is 0 Å². The third-order valence-electron chi connectivity index (χ3n) is 3.13. The SMILES string of the molecule is O=C(c1ccccc1C#CCCO)N1CCCOCC1. The van der Waals surface area contributed by atoms with Gasteiger partial charge in [-0.15, -0.1) is 0 Å². The van der Waals surface area contributed by atoms with Crippen molar-refractivity contribution in [3.8, 4) is 11.8 Å². The summed E-state index contributed by atoms with van der Waals surface area (Å²) in [4.78, 5) is 14.4. The third kappa shape index (κ3) is 3.83. The van der Waals surface area contributed by atoms with Crippen LogP contribution in [0.25, 0.3) is 0 Å². The van der Waals surface area contributed by atoms with E-state index in [4.69, 9.17) is 9.84 Å². The van der Waals surface area contributed by atoms with Crippen molar-refractivity contribution in [1.82, 2.24) is 4.90 Å². The van der Waals surface area contributed by atoms with Crippen LogP contribution in [-0.4, -0.2) is 48.8 Å². The molecule has 0 radical (unpaired) electrons. The Balaban J connectivity index is 2.18. The lowest BCUT2D eigenvalue weighted by Crippen LogP contribution is -2.33.